The fourth-order valence-corrected chi connectivity index (χ4v) is 3.08. The number of fused-ring (bicyclic) bond motifs is 1. The van der Waals surface area contributed by atoms with E-state index in [9.17, 15) is 9.59 Å². The normalized spacial score (nSPS) is 16.2. The van der Waals surface area contributed by atoms with Crippen LogP contribution in [0.3, 0.4) is 0 Å². The minimum Gasteiger partial charge on any atom is -0.479 e. The maximum Gasteiger partial charge on any atom is 0.267 e. The molecule has 0 spiro atoms. The van der Waals surface area contributed by atoms with Crippen molar-refractivity contribution in [3.05, 3.63) is 59.7 Å². The van der Waals surface area contributed by atoms with Crippen molar-refractivity contribution in [2.45, 2.75) is 33.8 Å². The van der Waals surface area contributed by atoms with Crippen LogP contribution in [0, 0.1) is 12.8 Å². The summed E-state index contributed by atoms with van der Waals surface area (Å²) in [5.41, 5.74) is 3.51. The highest BCUT2D eigenvalue weighted by Crippen LogP contribution is 2.36. The SMILES string of the molecule is Cc1ccc(/C=C/C(=O)Nc2ccc3c(c2)OC(C)C(=O)N3CC(C)C)cc1. The molecule has 146 valence electrons. The Hall–Kier alpha value is -3.08. The lowest BCUT2D eigenvalue weighted by atomic mass is 10.1. The number of hydrogen-bond donors (Lipinski definition) is 1. The van der Waals surface area contributed by atoms with Crippen molar-refractivity contribution in [2.24, 2.45) is 5.92 Å². The highest BCUT2D eigenvalue weighted by Gasteiger charge is 2.31. The van der Waals surface area contributed by atoms with E-state index < -0.39 is 6.10 Å². The molecule has 0 radical (unpaired) electrons. The maximum atomic E-state index is 12.4. The highest BCUT2D eigenvalue weighted by molar-refractivity contribution is 6.03. The van der Waals surface area contributed by atoms with Crippen LogP contribution < -0.4 is 15.0 Å². The third-order valence-electron chi connectivity index (χ3n) is 4.49. The molecule has 1 unspecified atom stereocenters. The zero-order valence-corrected chi connectivity index (χ0v) is 16.7. The van der Waals surface area contributed by atoms with Crippen LogP contribution in [0.25, 0.3) is 6.08 Å². The summed E-state index contributed by atoms with van der Waals surface area (Å²) in [6, 6.07) is 13.3. The number of carbonyl (C=O) groups is 2. The Morgan fingerprint density at radius 3 is 2.61 bits per heavy atom. The lowest BCUT2D eigenvalue weighted by Gasteiger charge is -2.34. The smallest absolute Gasteiger partial charge is 0.267 e. The average molecular weight is 378 g/mol. The van der Waals surface area contributed by atoms with Gasteiger partial charge in [0.1, 0.15) is 5.75 Å². The molecule has 2 aromatic carbocycles. The number of rotatable bonds is 5. The van der Waals surface area contributed by atoms with E-state index in [0.717, 1.165) is 11.3 Å². The molecular formula is C23H26N2O3. The van der Waals surface area contributed by atoms with Crippen LogP contribution >= 0.6 is 0 Å². The van der Waals surface area contributed by atoms with Crippen molar-refractivity contribution >= 4 is 29.3 Å². The van der Waals surface area contributed by atoms with Gasteiger partial charge in [0.15, 0.2) is 6.10 Å². The van der Waals surface area contributed by atoms with Gasteiger partial charge in [0.05, 0.1) is 5.69 Å². The molecule has 0 saturated carbocycles. The van der Waals surface area contributed by atoms with Gasteiger partial charge in [-0.25, -0.2) is 0 Å². The standard InChI is InChI=1S/C23H26N2O3/c1-15(2)14-25-20-11-10-19(13-21(20)28-17(4)23(25)27)24-22(26)12-9-18-7-5-16(3)6-8-18/h5-13,15,17H,14H2,1-4H3,(H,24,26)/b12-9+. The number of amides is 2. The second kappa shape index (κ2) is 8.30. The quantitative estimate of drug-likeness (QED) is 0.784. The minimum atomic E-state index is -0.543. The van der Waals surface area contributed by atoms with Gasteiger partial charge in [-0.1, -0.05) is 43.7 Å². The predicted molar refractivity (Wildman–Crippen MR) is 113 cm³/mol. The Labute approximate surface area is 166 Å². The van der Waals surface area contributed by atoms with Crippen molar-refractivity contribution in [3.8, 4) is 5.75 Å². The first-order valence-corrected chi connectivity index (χ1v) is 9.51. The molecule has 0 bridgehead atoms. The van der Waals surface area contributed by atoms with Crippen molar-refractivity contribution in [1.82, 2.24) is 0 Å². The molecule has 28 heavy (non-hydrogen) atoms. The Morgan fingerprint density at radius 2 is 1.93 bits per heavy atom. The molecule has 2 aromatic rings. The number of anilines is 2. The Kier molecular flexibility index (Phi) is 5.83. The highest BCUT2D eigenvalue weighted by atomic mass is 16.5. The first-order valence-electron chi connectivity index (χ1n) is 9.51. The number of benzene rings is 2. The van der Waals surface area contributed by atoms with Crippen molar-refractivity contribution in [2.75, 3.05) is 16.8 Å². The molecule has 0 saturated heterocycles. The van der Waals surface area contributed by atoms with Crippen LogP contribution in [0.4, 0.5) is 11.4 Å². The van der Waals surface area contributed by atoms with E-state index in [0.29, 0.717) is 23.9 Å². The molecule has 0 fully saturated rings. The van der Waals surface area contributed by atoms with Gasteiger partial charge in [0.2, 0.25) is 5.91 Å². The molecule has 0 aromatic heterocycles. The first kappa shape index (κ1) is 19.7. The van der Waals surface area contributed by atoms with Gasteiger partial charge < -0.3 is 15.0 Å². The predicted octanol–water partition coefficient (Wildman–Crippen LogP) is 4.42. The van der Waals surface area contributed by atoms with Crippen LogP contribution in [0.1, 0.15) is 31.9 Å². The van der Waals surface area contributed by atoms with E-state index in [1.54, 1.807) is 30.0 Å². The fourth-order valence-electron chi connectivity index (χ4n) is 3.08. The molecule has 3 rings (SSSR count). The second-order valence-corrected chi connectivity index (χ2v) is 7.52. The first-order chi connectivity index (χ1) is 13.3. The third kappa shape index (κ3) is 4.60. The lowest BCUT2D eigenvalue weighted by molar-refractivity contribution is -0.125. The monoisotopic (exact) mass is 378 g/mol. The van der Waals surface area contributed by atoms with Crippen molar-refractivity contribution in [3.63, 3.8) is 0 Å². The van der Waals surface area contributed by atoms with Gasteiger partial charge in [0.25, 0.3) is 5.91 Å². The average Bonchev–Trinajstić information content (AvgIpc) is 2.64. The summed E-state index contributed by atoms with van der Waals surface area (Å²) >= 11 is 0. The second-order valence-electron chi connectivity index (χ2n) is 7.52. The number of hydrogen-bond acceptors (Lipinski definition) is 3. The van der Waals surface area contributed by atoms with Gasteiger partial charge in [-0.3, -0.25) is 9.59 Å². The van der Waals surface area contributed by atoms with Gasteiger partial charge in [-0.15, -0.1) is 0 Å². The van der Waals surface area contributed by atoms with E-state index in [-0.39, 0.29) is 11.8 Å². The molecular weight excluding hydrogens is 352 g/mol. The van der Waals surface area contributed by atoms with Crippen molar-refractivity contribution < 1.29 is 14.3 Å². The van der Waals surface area contributed by atoms with Crippen LogP contribution in [-0.2, 0) is 9.59 Å². The molecule has 5 nitrogen and oxygen atoms in total. The molecule has 1 aliphatic heterocycles. The van der Waals surface area contributed by atoms with E-state index in [4.69, 9.17) is 4.74 Å². The molecule has 1 atom stereocenters. The van der Waals surface area contributed by atoms with Crippen LogP contribution in [0.15, 0.2) is 48.5 Å². The largest absolute Gasteiger partial charge is 0.479 e. The molecule has 1 aliphatic rings. The molecule has 0 aliphatic carbocycles. The summed E-state index contributed by atoms with van der Waals surface area (Å²) in [5.74, 6) is 0.681. The van der Waals surface area contributed by atoms with Crippen LogP contribution in [-0.4, -0.2) is 24.5 Å². The number of nitrogens with one attached hydrogen (secondary N) is 1. The van der Waals surface area contributed by atoms with Crippen LogP contribution in [0.2, 0.25) is 0 Å². The van der Waals surface area contributed by atoms with E-state index in [1.165, 1.54) is 11.6 Å². The summed E-state index contributed by atoms with van der Waals surface area (Å²) in [7, 11) is 0. The Balaban J connectivity index is 1.74. The van der Waals surface area contributed by atoms with E-state index in [2.05, 4.69) is 19.2 Å². The van der Waals surface area contributed by atoms with Gasteiger partial charge >= 0.3 is 0 Å². The van der Waals surface area contributed by atoms with Gasteiger partial charge in [0, 0.05) is 24.4 Å². The zero-order valence-electron chi connectivity index (χ0n) is 16.7. The summed E-state index contributed by atoms with van der Waals surface area (Å²) < 4.78 is 5.76. The fraction of sp³-hybridized carbons (Fsp3) is 0.304. The van der Waals surface area contributed by atoms with E-state index >= 15 is 0 Å². The third-order valence-corrected chi connectivity index (χ3v) is 4.49. The van der Waals surface area contributed by atoms with Crippen LogP contribution in [0.5, 0.6) is 5.75 Å². The molecule has 1 N–H and O–H groups in total. The summed E-state index contributed by atoms with van der Waals surface area (Å²) in [6.45, 7) is 8.54. The summed E-state index contributed by atoms with van der Waals surface area (Å²) in [5, 5.41) is 2.85. The molecule has 2 amide bonds. The maximum absolute atomic E-state index is 12.4. The molecule has 5 heteroatoms. The lowest BCUT2D eigenvalue weighted by Crippen LogP contribution is -2.46. The number of ether oxygens (including phenoxy) is 1. The van der Waals surface area contributed by atoms with Gasteiger partial charge in [-0.05, 0) is 43.5 Å². The number of nitrogens with zero attached hydrogens (tertiary/aromatic N) is 1. The number of carbonyl (C=O) groups excluding carboxylic acids is 2. The summed E-state index contributed by atoms with van der Waals surface area (Å²) in [4.78, 5) is 26.5. The zero-order chi connectivity index (χ0) is 20.3. The Morgan fingerprint density at radius 1 is 1.21 bits per heavy atom. The summed E-state index contributed by atoms with van der Waals surface area (Å²) in [6.07, 6.45) is 2.73. The van der Waals surface area contributed by atoms with E-state index in [1.807, 2.05) is 37.3 Å². The van der Waals surface area contributed by atoms with Crippen molar-refractivity contribution in [1.29, 1.82) is 0 Å². The minimum absolute atomic E-state index is 0.0426. The molecule has 1 heterocycles. The number of aryl methyl sites for hydroxylation is 1. The van der Waals surface area contributed by atoms with Gasteiger partial charge in [-0.2, -0.15) is 0 Å². The topological polar surface area (TPSA) is 58.6 Å². The Bertz CT molecular complexity index is 901.